The lowest BCUT2D eigenvalue weighted by Crippen LogP contribution is -2.36. The fourth-order valence-corrected chi connectivity index (χ4v) is 3.48. The summed E-state index contributed by atoms with van der Waals surface area (Å²) in [5.41, 5.74) is 7.66. The normalized spacial score (nSPS) is 20.3. The Morgan fingerprint density at radius 2 is 2.12 bits per heavy atom. The Hall–Kier alpha value is -1.85. The number of carbonyl (C=O) groups is 1. The van der Waals surface area contributed by atoms with Crippen molar-refractivity contribution in [3.8, 4) is 0 Å². The summed E-state index contributed by atoms with van der Waals surface area (Å²) in [4.78, 5) is 14.5. The maximum absolute atomic E-state index is 12.7. The summed E-state index contributed by atoms with van der Waals surface area (Å²) in [6.45, 7) is 3.19. The van der Waals surface area contributed by atoms with Crippen molar-refractivity contribution in [3.63, 3.8) is 0 Å². The molecule has 1 aromatic heterocycles. The largest absolute Gasteiger partial charge is 0.461 e. The maximum atomic E-state index is 12.7. The van der Waals surface area contributed by atoms with Gasteiger partial charge in [-0.15, -0.1) is 0 Å². The highest BCUT2D eigenvalue weighted by Gasteiger charge is 2.32. The molecule has 5 heteroatoms. The summed E-state index contributed by atoms with van der Waals surface area (Å²) < 4.78 is 11.8. The first-order valence-corrected chi connectivity index (χ1v) is 9.23. The van der Waals surface area contributed by atoms with Gasteiger partial charge in [0.25, 0.3) is 5.91 Å². The minimum atomic E-state index is -0.365. The molecule has 1 fully saturated rings. The molecule has 2 N–H and O–H groups in total. The Kier molecular flexibility index (Phi) is 5.76. The molecule has 1 amide bonds. The van der Waals surface area contributed by atoms with E-state index in [1.807, 2.05) is 25.2 Å². The number of fused-ring (bicyclic) bond motifs is 1. The number of likely N-dealkylation sites (N-methyl/N-ethyl adjacent to an activating group) is 1. The number of nitrogens with two attached hydrogens (primary N) is 1. The van der Waals surface area contributed by atoms with Crippen LogP contribution >= 0.6 is 0 Å². The van der Waals surface area contributed by atoms with Crippen molar-refractivity contribution in [2.45, 2.75) is 57.8 Å². The van der Waals surface area contributed by atoms with Gasteiger partial charge < -0.3 is 19.8 Å². The standard InChI is InChI=1S/C20H28N2O3/c1-3-4-8-18-16(15-7-5-6-9-17(15)25-18)13-22(2)20(23)19-11-10-14(12-21)24-19/h5-7,9,14,19H,3-4,8,10-13,21H2,1-2H3/t14-,19+/m1/s1. The molecular formula is C20H28N2O3. The van der Waals surface area contributed by atoms with Crippen molar-refractivity contribution in [1.82, 2.24) is 4.90 Å². The van der Waals surface area contributed by atoms with Crippen LogP contribution in [0.3, 0.4) is 0 Å². The number of hydrogen-bond donors (Lipinski definition) is 1. The van der Waals surface area contributed by atoms with Crippen LogP contribution < -0.4 is 5.73 Å². The highest BCUT2D eigenvalue weighted by molar-refractivity contribution is 5.84. The predicted octanol–water partition coefficient (Wildman–Crippen LogP) is 3.24. The molecule has 2 heterocycles. The molecule has 2 atom stereocenters. The first kappa shape index (κ1) is 18.0. The van der Waals surface area contributed by atoms with E-state index in [1.54, 1.807) is 4.90 Å². The highest BCUT2D eigenvalue weighted by atomic mass is 16.5. The van der Waals surface area contributed by atoms with Crippen LogP contribution in [0.4, 0.5) is 0 Å². The summed E-state index contributed by atoms with van der Waals surface area (Å²) in [7, 11) is 1.84. The quantitative estimate of drug-likeness (QED) is 0.837. The fourth-order valence-electron chi connectivity index (χ4n) is 3.48. The van der Waals surface area contributed by atoms with Crippen molar-refractivity contribution in [2.24, 2.45) is 5.73 Å². The lowest BCUT2D eigenvalue weighted by Gasteiger charge is -2.21. The van der Waals surface area contributed by atoms with E-state index < -0.39 is 0 Å². The number of amides is 1. The predicted molar refractivity (Wildman–Crippen MR) is 98.2 cm³/mol. The Bertz CT molecular complexity index is 725. The number of ether oxygens (including phenoxy) is 1. The van der Waals surface area contributed by atoms with E-state index in [2.05, 4.69) is 13.0 Å². The van der Waals surface area contributed by atoms with E-state index in [9.17, 15) is 4.79 Å². The van der Waals surface area contributed by atoms with E-state index >= 15 is 0 Å². The second kappa shape index (κ2) is 8.02. The first-order valence-electron chi connectivity index (χ1n) is 9.23. The number of aryl methyl sites for hydroxylation is 1. The van der Waals surface area contributed by atoms with Crippen molar-refractivity contribution < 1.29 is 13.9 Å². The lowest BCUT2D eigenvalue weighted by atomic mass is 10.1. The third-order valence-electron chi connectivity index (χ3n) is 4.96. The van der Waals surface area contributed by atoms with E-state index in [0.717, 1.165) is 54.4 Å². The molecule has 1 aliphatic rings. The molecule has 0 radical (unpaired) electrons. The first-order chi connectivity index (χ1) is 12.1. The van der Waals surface area contributed by atoms with Crippen LogP contribution in [-0.4, -0.2) is 36.6 Å². The van der Waals surface area contributed by atoms with Crippen molar-refractivity contribution >= 4 is 16.9 Å². The van der Waals surface area contributed by atoms with Gasteiger partial charge in [0.1, 0.15) is 17.4 Å². The van der Waals surface area contributed by atoms with Crippen LogP contribution in [0.15, 0.2) is 28.7 Å². The number of nitrogens with zero attached hydrogens (tertiary/aromatic N) is 1. The zero-order chi connectivity index (χ0) is 17.8. The summed E-state index contributed by atoms with van der Waals surface area (Å²) in [6.07, 6.45) is 4.35. The van der Waals surface area contributed by atoms with E-state index in [4.69, 9.17) is 14.9 Å². The molecule has 1 aliphatic heterocycles. The number of hydrogen-bond acceptors (Lipinski definition) is 4. The molecule has 0 spiro atoms. The number of para-hydroxylation sites is 1. The molecule has 1 saturated heterocycles. The molecule has 5 nitrogen and oxygen atoms in total. The van der Waals surface area contributed by atoms with Crippen LogP contribution in [0.2, 0.25) is 0 Å². The monoisotopic (exact) mass is 344 g/mol. The van der Waals surface area contributed by atoms with E-state index in [1.165, 1.54) is 0 Å². The summed E-state index contributed by atoms with van der Waals surface area (Å²) in [5.74, 6) is 1.03. The number of carbonyl (C=O) groups excluding carboxylic acids is 1. The summed E-state index contributed by atoms with van der Waals surface area (Å²) in [5, 5.41) is 1.10. The average Bonchev–Trinajstić information content (AvgIpc) is 3.24. The lowest BCUT2D eigenvalue weighted by molar-refractivity contribution is -0.141. The fraction of sp³-hybridized carbons (Fsp3) is 0.550. The van der Waals surface area contributed by atoms with Crippen LogP contribution in [0.5, 0.6) is 0 Å². The van der Waals surface area contributed by atoms with Gasteiger partial charge in [-0.25, -0.2) is 0 Å². The van der Waals surface area contributed by atoms with E-state index in [0.29, 0.717) is 13.1 Å². The van der Waals surface area contributed by atoms with Gasteiger partial charge in [-0.3, -0.25) is 4.79 Å². The Labute approximate surface area is 149 Å². The highest BCUT2D eigenvalue weighted by Crippen LogP contribution is 2.29. The Morgan fingerprint density at radius 1 is 1.32 bits per heavy atom. The van der Waals surface area contributed by atoms with Crippen LogP contribution in [0.1, 0.15) is 43.9 Å². The van der Waals surface area contributed by atoms with Gasteiger partial charge in [0, 0.05) is 37.5 Å². The van der Waals surface area contributed by atoms with Crippen LogP contribution in [0.25, 0.3) is 11.0 Å². The number of unbranched alkanes of at least 4 members (excludes halogenated alkanes) is 1. The Morgan fingerprint density at radius 3 is 2.84 bits per heavy atom. The van der Waals surface area contributed by atoms with Crippen molar-refractivity contribution in [1.29, 1.82) is 0 Å². The van der Waals surface area contributed by atoms with Gasteiger partial charge >= 0.3 is 0 Å². The minimum absolute atomic E-state index is 0.0113. The second-order valence-electron chi connectivity index (χ2n) is 6.86. The summed E-state index contributed by atoms with van der Waals surface area (Å²) >= 11 is 0. The number of benzene rings is 1. The molecule has 0 saturated carbocycles. The zero-order valence-electron chi connectivity index (χ0n) is 15.2. The third-order valence-corrected chi connectivity index (χ3v) is 4.96. The van der Waals surface area contributed by atoms with Crippen molar-refractivity contribution in [3.05, 3.63) is 35.6 Å². The topological polar surface area (TPSA) is 68.7 Å². The molecular weight excluding hydrogens is 316 g/mol. The van der Waals surface area contributed by atoms with Gasteiger partial charge in [0.05, 0.1) is 6.10 Å². The molecule has 0 unspecified atom stereocenters. The minimum Gasteiger partial charge on any atom is -0.461 e. The zero-order valence-corrected chi connectivity index (χ0v) is 15.2. The molecule has 0 bridgehead atoms. The summed E-state index contributed by atoms with van der Waals surface area (Å²) in [6, 6.07) is 8.05. The van der Waals surface area contributed by atoms with E-state index in [-0.39, 0.29) is 18.1 Å². The maximum Gasteiger partial charge on any atom is 0.251 e. The van der Waals surface area contributed by atoms with Crippen LogP contribution in [-0.2, 0) is 22.5 Å². The van der Waals surface area contributed by atoms with Gasteiger partial charge in [0.15, 0.2) is 0 Å². The number of rotatable bonds is 7. The molecule has 3 rings (SSSR count). The molecule has 1 aromatic carbocycles. The third kappa shape index (κ3) is 3.88. The van der Waals surface area contributed by atoms with Crippen LogP contribution in [0, 0.1) is 0 Å². The second-order valence-corrected chi connectivity index (χ2v) is 6.86. The van der Waals surface area contributed by atoms with Gasteiger partial charge in [-0.05, 0) is 25.3 Å². The van der Waals surface area contributed by atoms with Gasteiger partial charge in [0.2, 0.25) is 0 Å². The molecule has 2 aromatic rings. The van der Waals surface area contributed by atoms with Gasteiger partial charge in [-0.1, -0.05) is 31.5 Å². The Balaban J connectivity index is 1.77. The molecule has 0 aliphatic carbocycles. The SMILES string of the molecule is CCCCc1oc2ccccc2c1CN(C)C(=O)[C@@H]1CC[C@H](CN)O1. The smallest absolute Gasteiger partial charge is 0.251 e. The van der Waals surface area contributed by atoms with Gasteiger partial charge in [-0.2, -0.15) is 0 Å². The number of furan rings is 1. The molecule has 136 valence electrons. The average molecular weight is 344 g/mol. The molecule has 25 heavy (non-hydrogen) atoms. The van der Waals surface area contributed by atoms with Crippen molar-refractivity contribution in [2.75, 3.05) is 13.6 Å².